The van der Waals surface area contributed by atoms with Gasteiger partial charge in [0.25, 0.3) is 0 Å². The minimum Gasteiger partial charge on any atom is -0.363 e. The van der Waals surface area contributed by atoms with E-state index in [1.807, 2.05) is 19.1 Å². The fourth-order valence-electron chi connectivity index (χ4n) is 1.44. The van der Waals surface area contributed by atoms with Crippen LogP contribution in [0.15, 0.2) is 23.6 Å². The third-order valence-electron chi connectivity index (χ3n) is 2.16. The molecule has 2 rings (SSSR count). The summed E-state index contributed by atoms with van der Waals surface area (Å²) in [5.41, 5.74) is 0.862. The van der Waals surface area contributed by atoms with Gasteiger partial charge in [0, 0.05) is 16.6 Å². The first kappa shape index (κ1) is 11.4. The van der Waals surface area contributed by atoms with E-state index in [0.717, 1.165) is 11.5 Å². The molecule has 2 heterocycles. The van der Waals surface area contributed by atoms with E-state index >= 15 is 0 Å². The number of aromatic nitrogens is 2. The van der Waals surface area contributed by atoms with Crippen LogP contribution in [0.2, 0.25) is 5.28 Å². The van der Waals surface area contributed by atoms with Crippen molar-refractivity contribution in [3.05, 3.63) is 39.4 Å². The van der Waals surface area contributed by atoms with E-state index in [-0.39, 0.29) is 11.3 Å². The summed E-state index contributed by atoms with van der Waals surface area (Å²) in [5, 5.41) is 5.64. The van der Waals surface area contributed by atoms with E-state index < -0.39 is 0 Å². The smallest absolute Gasteiger partial charge is 0.224 e. The Morgan fingerprint density at radius 3 is 2.88 bits per heavy atom. The molecule has 5 heteroatoms. The largest absolute Gasteiger partial charge is 0.363 e. The van der Waals surface area contributed by atoms with Crippen LogP contribution in [0.3, 0.4) is 0 Å². The van der Waals surface area contributed by atoms with Crippen LogP contribution >= 0.6 is 22.9 Å². The molecule has 2 aromatic rings. The van der Waals surface area contributed by atoms with Crippen LogP contribution in [0.4, 0.5) is 5.82 Å². The lowest BCUT2D eigenvalue weighted by Crippen LogP contribution is -2.07. The number of nitrogens with one attached hydrogen (secondary N) is 1. The molecule has 0 aliphatic heterocycles. The van der Waals surface area contributed by atoms with Gasteiger partial charge < -0.3 is 5.32 Å². The average Bonchev–Trinajstić information content (AvgIpc) is 2.68. The second kappa shape index (κ2) is 4.80. The van der Waals surface area contributed by atoms with Gasteiger partial charge >= 0.3 is 0 Å². The summed E-state index contributed by atoms with van der Waals surface area (Å²) in [6, 6.07) is 6.25. The molecule has 3 nitrogen and oxygen atoms in total. The molecule has 84 valence electrons. The number of aryl methyl sites for hydroxylation is 1. The Kier molecular flexibility index (Phi) is 3.41. The first-order valence-electron chi connectivity index (χ1n) is 4.96. The number of hydrogen-bond acceptors (Lipinski definition) is 4. The zero-order valence-electron chi connectivity index (χ0n) is 9.07. The zero-order valence-corrected chi connectivity index (χ0v) is 10.6. The highest BCUT2D eigenvalue weighted by Crippen LogP contribution is 2.22. The van der Waals surface area contributed by atoms with Crippen molar-refractivity contribution in [1.29, 1.82) is 0 Å². The second-order valence-electron chi connectivity index (χ2n) is 3.55. The van der Waals surface area contributed by atoms with Crippen LogP contribution in [-0.2, 0) is 0 Å². The van der Waals surface area contributed by atoms with Crippen molar-refractivity contribution in [2.45, 2.75) is 19.9 Å². The first-order chi connectivity index (χ1) is 7.65. The van der Waals surface area contributed by atoms with Gasteiger partial charge in [0.15, 0.2) is 0 Å². The van der Waals surface area contributed by atoms with Crippen LogP contribution in [-0.4, -0.2) is 9.97 Å². The quantitative estimate of drug-likeness (QED) is 0.848. The Balaban J connectivity index is 2.15. The summed E-state index contributed by atoms with van der Waals surface area (Å²) in [4.78, 5) is 9.42. The van der Waals surface area contributed by atoms with E-state index in [1.54, 1.807) is 11.3 Å². The Labute approximate surface area is 104 Å². The highest BCUT2D eigenvalue weighted by atomic mass is 35.5. The third-order valence-corrected chi connectivity index (χ3v) is 3.39. The summed E-state index contributed by atoms with van der Waals surface area (Å²) >= 11 is 7.52. The highest BCUT2D eigenvalue weighted by molar-refractivity contribution is 7.10. The predicted molar refractivity (Wildman–Crippen MR) is 68.1 cm³/mol. The summed E-state index contributed by atoms with van der Waals surface area (Å²) in [6.45, 7) is 3.99. The third kappa shape index (κ3) is 2.71. The molecule has 0 saturated carbocycles. The lowest BCUT2D eigenvalue weighted by atomic mass is 10.3. The molecule has 0 fully saturated rings. The maximum absolute atomic E-state index is 5.80. The molecular weight excluding hydrogens is 242 g/mol. The molecular formula is C11H12ClN3S. The highest BCUT2D eigenvalue weighted by Gasteiger charge is 2.07. The Morgan fingerprint density at radius 2 is 2.25 bits per heavy atom. The lowest BCUT2D eigenvalue weighted by Gasteiger charge is -2.13. The van der Waals surface area contributed by atoms with Crippen LogP contribution < -0.4 is 5.32 Å². The SMILES string of the molecule is Cc1cc(NC(C)c2cccs2)nc(Cl)n1. The molecule has 0 bridgehead atoms. The van der Waals surface area contributed by atoms with Gasteiger partial charge in [-0.1, -0.05) is 6.07 Å². The molecule has 2 aromatic heterocycles. The number of anilines is 1. The minimum absolute atomic E-state index is 0.227. The van der Waals surface area contributed by atoms with E-state index in [9.17, 15) is 0 Å². The van der Waals surface area contributed by atoms with E-state index in [1.165, 1.54) is 4.88 Å². The number of halogens is 1. The van der Waals surface area contributed by atoms with Gasteiger partial charge in [-0.05, 0) is 36.9 Å². The minimum atomic E-state index is 0.227. The van der Waals surface area contributed by atoms with Gasteiger partial charge in [0.05, 0.1) is 6.04 Å². The molecule has 0 aliphatic rings. The lowest BCUT2D eigenvalue weighted by molar-refractivity contribution is 0.891. The van der Waals surface area contributed by atoms with Crippen LogP contribution in [0, 0.1) is 6.92 Å². The molecule has 1 unspecified atom stereocenters. The van der Waals surface area contributed by atoms with Gasteiger partial charge in [-0.2, -0.15) is 0 Å². The summed E-state index contributed by atoms with van der Waals surface area (Å²) in [5.74, 6) is 0.762. The molecule has 0 aliphatic carbocycles. The Morgan fingerprint density at radius 1 is 1.44 bits per heavy atom. The average molecular weight is 254 g/mol. The van der Waals surface area contributed by atoms with Gasteiger partial charge in [0.1, 0.15) is 5.82 Å². The Hall–Kier alpha value is -1.13. The normalized spacial score (nSPS) is 12.4. The van der Waals surface area contributed by atoms with Gasteiger partial charge in [-0.15, -0.1) is 11.3 Å². The second-order valence-corrected chi connectivity index (χ2v) is 4.86. The fraction of sp³-hybridized carbons (Fsp3) is 0.273. The van der Waals surface area contributed by atoms with Gasteiger partial charge in [-0.25, -0.2) is 9.97 Å². The van der Waals surface area contributed by atoms with Crippen molar-refractivity contribution in [3.63, 3.8) is 0 Å². The Bertz CT molecular complexity index is 450. The first-order valence-corrected chi connectivity index (χ1v) is 6.22. The molecule has 1 N–H and O–H groups in total. The van der Waals surface area contributed by atoms with E-state index in [4.69, 9.17) is 11.6 Å². The van der Waals surface area contributed by atoms with Crippen LogP contribution in [0.1, 0.15) is 23.5 Å². The molecule has 0 saturated heterocycles. The monoisotopic (exact) mass is 253 g/mol. The predicted octanol–water partition coefficient (Wildman–Crippen LogP) is 3.67. The molecule has 0 spiro atoms. The van der Waals surface area contributed by atoms with Gasteiger partial charge in [-0.3, -0.25) is 0 Å². The number of hydrogen-bond donors (Lipinski definition) is 1. The maximum Gasteiger partial charge on any atom is 0.224 e. The van der Waals surface area contributed by atoms with Crippen molar-refractivity contribution in [2.24, 2.45) is 0 Å². The van der Waals surface area contributed by atoms with E-state index in [0.29, 0.717) is 0 Å². The summed E-state index contributed by atoms with van der Waals surface area (Å²) < 4.78 is 0. The van der Waals surface area contributed by atoms with Crippen molar-refractivity contribution in [2.75, 3.05) is 5.32 Å². The van der Waals surface area contributed by atoms with Crippen LogP contribution in [0.5, 0.6) is 0 Å². The molecule has 0 radical (unpaired) electrons. The summed E-state index contributed by atoms with van der Waals surface area (Å²) in [7, 11) is 0. The molecule has 1 atom stereocenters. The fourth-order valence-corrected chi connectivity index (χ4v) is 2.40. The van der Waals surface area contributed by atoms with Crippen molar-refractivity contribution >= 4 is 28.8 Å². The number of nitrogens with zero attached hydrogens (tertiary/aromatic N) is 2. The number of rotatable bonds is 3. The summed E-state index contributed by atoms with van der Waals surface area (Å²) in [6.07, 6.45) is 0. The molecule has 0 aromatic carbocycles. The number of thiophene rings is 1. The van der Waals surface area contributed by atoms with Crippen molar-refractivity contribution in [1.82, 2.24) is 9.97 Å². The van der Waals surface area contributed by atoms with Crippen molar-refractivity contribution in [3.8, 4) is 0 Å². The van der Waals surface area contributed by atoms with E-state index in [2.05, 4.69) is 33.7 Å². The molecule has 16 heavy (non-hydrogen) atoms. The topological polar surface area (TPSA) is 37.8 Å². The zero-order chi connectivity index (χ0) is 11.5. The standard InChI is InChI=1S/C11H12ClN3S/c1-7-6-10(15-11(12)13-7)14-8(2)9-4-3-5-16-9/h3-6,8H,1-2H3,(H,13,14,15). The maximum atomic E-state index is 5.80. The van der Waals surface area contributed by atoms with Crippen molar-refractivity contribution < 1.29 is 0 Å². The van der Waals surface area contributed by atoms with Crippen LogP contribution in [0.25, 0.3) is 0 Å². The molecule has 0 amide bonds. The van der Waals surface area contributed by atoms with Gasteiger partial charge in [0.2, 0.25) is 5.28 Å².